The van der Waals surface area contributed by atoms with Gasteiger partial charge in [-0.2, -0.15) is 0 Å². The Kier molecular flexibility index (Phi) is 4.68. The summed E-state index contributed by atoms with van der Waals surface area (Å²) in [6.07, 6.45) is 8.86. The van der Waals surface area contributed by atoms with Gasteiger partial charge in [-0.1, -0.05) is 18.6 Å². The van der Waals surface area contributed by atoms with Crippen molar-refractivity contribution in [1.29, 1.82) is 0 Å². The van der Waals surface area contributed by atoms with Crippen molar-refractivity contribution >= 4 is 22.8 Å². The summed E-state index contributed by atoms with van der Waals surface area (Å²) in [4.78, 5) is 31.2. The molecular formula is C25H32N2O3. The molecule has 3 atom stereocenters. The van der Waals surface area contributed by atoms with Crippen molar-refractivity contribution in [3.05, 3.63) is 35.5 Å². The number of hydrogen-bond donors (Lipinski definition) is 2. The second kappa shape index (κ2) is 7.14. The Morgan fingerprint density at radius 3 is 2.63 bits per heavy atom. The topological polar surface area (TPSA) is 73.4 Å². The highest BCUT2D eigenvalue weighted by Crippen LogP contribution is 2.47. The molecule has 1 saturated heterocycles. The molecule has 2 N–H and O–H groups in total. The first kappa shape index (κ1) is 19.7. The molecule has 0 radical (unpaired) electrons. The zero-order valence-electron chi connectivity index (χ0n) is 18.0. The molecule has 5 nitrogen and oxygen atoms in total. The predicted molar refractivity (Wildman–Crippen MR) is 117 cm³/mol. The molecule has 0 spiro atoms. The standard InChI is InChI=1S/C25H32N2O3/c1-25(2,19-14-26-20-9-3-6-16(22(19)20)15-11-12-15)24(30)27-13-5-8-17-18(23(28)29)7-4-10-21(17)27/h3,6,9,14-15,17-18,21,26H,4-5,7-8,10-13H2,1-2H3,(H,28,29). The average molecular weight is 409 g/mol. The first-order chi connectivity index (χ1) is 14.4. The molecule has 3 aliphatic rings. The van der Waals surface area contributed by atoms with E-state index in [0.29, 0.717) is 5.92 Å². The Labute approximate surface area is 177 Å². The van der Waals surface area contributed by atoms with Crippen molar-refractivity contribution in [2.24, 2.45) is 11.8 Å². The van der Waals surface area contributed by atoms with Crippen LogP contribution in [0.3, 0.4) is 0 Å². The average Bonchev–Trinajstić information content (AvgIpc) is 3.49. The number of likely N-dealkylation sites (tertiary alicyclic amines) is 1. The van der Waals surface area contributed by atoms with Crippen LogP contribution in [-0.2, 0) is 15.0 Å². The molecule has 2 aromatic rings. The third-order valence-corrected chi connectivity index (χ3v) is 7.90. The number of aromatic nitrogens is 1. The number of carbonyl (C=O) groups excluding carboxylic acids is 1. The van der Waals surface area contributed by atoms with Crippen LogP contribution in [0.25, 0.3) is 10.9 Å². The third-order valence-electron chi connectivity index (χ3n) is 7.90. The van der Waals surface area contributed by atoms with Crippen molar-refractivity contribution in [1.82, 2.24) is 9.88 Å². The van der Waals surface area contributed by atoms with Gasteiger partial charge in [0.25, 0.3) is 0 Å². The summed E-state index contributed by atoms with van der Waals surface area (Å²) < 4.78 is 0. The first-order valence-electron chi connectivity index (χ1n) is 11.5. The molecule has 160 valence electrons. The van der Waals surface area contributed by atoms with Gasteiger partial charge >= 0.3 is 5.97 Å². The monoisotopic (exact) mass is 408 g/mol. The summed E-state index contributed by atoms with van der Waals surface area (Å²) in [7, 11) is 0. The van der Waals surface area contributed by atoms with Crippen LogP contribution in [0.2, 0.25) is 0 Å². The molecule has 3 fully saturated rings. The minimum atomic E-state index is -0.691. The van der Waals surface area contributed by atoms with Crippen LogP contribution in [0, 0.1) is 11.8 Å². The molecule has 1 amide bonds. The second-order valence-corrected chi connectivity index (χ2v) is 10.1. The Morgan fingerprint density at radius 1 is 1.10 bits per heavy atom. The lowest BCUT2D eigenvalue weighted by Gasteiger charge is -2.48. The van der Waals surface area contributed by atoms with Crippen LogP contribution in [0.15, 0.2) is 24.4 Å². The van der Waals surface area contributed by atoms with Gasteiger partial charge in [-0.15, -0.1) is 0 Å². The number of carbonyl (C=O) groups is 2. The van der Waals surface area contributed by atoms with E-state index in [2.05, 4.69) is 23.2 Å². The van der Waals surface area contributed by atoms with E-state index >= 15 is 0 Å². The Hall–Kier alpha value is -2.30. The van der Waals surface area contributed by atoms with Crippen molar-refractivity contribution in [3.63, 3.8) is 0 Å². The molecule has 0 bridgehead atoms. The van der Waals surface area contributed by atoms with Crippen LogP contribution >= 0.6 is 0 Å². The number of carboxylic acids is 1. The van der Waals surface area contributed by atoms with Crippen molar-refractivity contribution in [3.8, 4) is 0 Å². The minimum absolute atomic E-state index is 0.0634. The maximum atomic E-state index is 14.0. The first-order valence-corrected chi connectivity index (χ1v) is 11.5. The summed E-state index contributed by atoms with van der Waals surface area (Å²) in [5, 5.41) is 10.9. The molecule has 3 unspecified atom stereocenters. The van der Waals surface area contributed by atoms with Gasteiger partial charge < -0.3 is 15.0 Å². The van der Waals surface area contributed by atoms with Crippen LogP contribution in [0.4, 0.5) is 0 Å². The van der Waals surface area contributed by atoms with Crippen LogP contribution in [0.1, 0.15) is 75.8 Å². The molecule has 30 heavy (non-hydrogen) atoms. The maximum absolute atomic E-state index is 14.0. The number of aliphatic carboxylic acids is 1. The van der Waals surface area contributed by atoms with E-state index in [-0.39, 0.29) is 23.8 Å². The van der Waals surface area contributed by atoms with Crippen LogP contribution in [-0.4, -0.2) is 39.5 Å². The number of fused-ring (bicyclic) bond motifs is 2. The molecule has 2 aliphatic carbocycles. The van der Waals surface area contributed by atoms with E-state index < -0.39 is 11.4 Å². The van der Waals surface area contributed by atoms with Gasteiger partial charge in [0.15, 0.2) is 0 Å². The lowest BCUT2D eigenvalue weighted by molar-refractivity contribution is -0.153. The molecule has 2 heterocycles. The van der Waals surface area contributed by atoms with E-state index in [1.54, 1.807) is 0 Å². The number of rotatable bonds is 4. The number of amides is 1. The van der Waals surface area contributed by atoms with Crippen molar-refractivity contribution < 1.29 is 14.7 Å². The summed E-state index contributed by atoms with van der Waals surface area (Å²) in [5.41, 5.74) is 2.90. The third kappa shape index (κ3) is 3.05. The second-order valence-electron chi connectivity index (χ2n) is 10.1. The summed E-state index contributed by atoms with van der Waals surface area (Å²) in [6.45, 7) is 4.83. The van der Waals surface area contributed by atoms with Gasteiger partial charge in [0, 0.05) is 29.7 Å². The van der Waals surface area contributed by atoms with Gasteiger partial charge in [-0.25, -0.2) is 0 Å². The lowest BCUT2D eigenvalue weighted by atomic mass is 9.70. The number of hydrogen-bond acceptors (Lipinski definition) is 2. The molecule has 2 saturated carbocycles. The molecule has 1 aliphatic heterocycles. The molecule has 1 aromatic heterocycles. The number of aromatic amines is 1. The molecule has 1 aromatic carbocycles. The van der Waals surface area contributed by atoms with E-state index in [0.717, 1.165) is 49.7 Å². The van der Waals surface area contributed by atoms with Gasteiger partial charge in [-0.3, -0.25) is 9.59 Å². The van der Waals surface area contributed by atoms with E-state index in [1.807, 2.05) is 24.9 Å². The summed E-state index contributed by atoms with van der Waals surface area (Å²) in [5.74, 6) is -0.145. The molecular weight excluding hydrogens is 376 g/mol. The Balaban J connectivity index is 1.50. The van der Waals surface area contributed by atoms with Gasteiger partial charge in [0.05, 0.1) is 11.3 Å². The number of piperidine rings is 1. The lowest BCUT2D eigenvalue weighted by Crippen LogP contribution is -2.56. The minimum Gasteiger partial charge on any atom is -0.481 e. The Bertz CT molecular complexity index is 987. The highest BCUT2D eigenvalue weighted by molar-refractivity contribution is 5.96. The molecule has 5 heteroatoms. The number of nitrogens with one attached hydrogen (secondary N) is 1. The van der Waals surface area contributed by atoms with E-state index in [1.165, 1.54) is 23.8 Å². The fraction of sp³-hybridized carbons (Fsp3) is 0.600. The highest BCUT2D eigenvalue weighted by atomic mass is 16.4. The maximum Gasteiger partial charge on any atom is 0.306 e. The zero-order valence-corrected chi connectivity index (χ0v) is 18.0. The SMILES string of the molecule is CC(C)(C(=O)N1CCCC2C(C(=O)O)CCCC21)c1c[nH]c2cccc(C3CC3)c12. The number of nitrogens with zero attached hydrogens (tertiary/aromatic N) is 1. The number of H-pyrrole nitrogens is 1. The smallest absolute Gasteiger partial charge is 0.306 e. The van der Waals surface area contributed by atoms with Gasteiger partial charge in [0.1, 0.15) is 0 Å². The fourth-order valence-electron chi connectivity index (χ4n) is 6.16. The molecule has 5 rings (SSSR count). The number of benzene rings is 1. The highest BCUT2D eigenvalue weighted by Gasteiger charge is 2.47. The normalized spacial score (nSPS) is 27.1. The van der Waals surface area contributed by atoms with Crippen molar-refractivity contribution in [2.75, 3.05) is 6.54 Å². The van der Waals surface area contributed by atoms with Crippen LogP contribution < -0.4 is 0 Å². The van der Waals surface area contributed by atoms with E-state index in [4.69, 9.17) is 0 Å². The van der Waals surface area contributed by atoms with E-state index in [9.17, 15) is 14.7 Å². The summed E-state index contributed by atoms with van der Waals surface area (Å²) >= 11 is 0. The Morgan fingerprint density at radius 2 is 1.90 bits per heavy atom. The zero-order chi connectivity index (χ0) is 21.0. The van der Waals surface area contributed by atoms with Gasteiger partial charge in [0.2, 0.25) is 5.91 Å². The van der Waals surface area contributed by atoms with Crippen LogP contribution in [0.5, 0.6) is 0 Å². The summed E-state index contributed by atoms with van der Waals surface area (Å²) in [6, 6.07) is 6.48. The quantitative estimate of drug-likeness (QED) is 0.762. The largest absolute Gasteiger partial charge is 0.481 e. The number of carboxylic acid groups (broad SMARTS) is 1. The van der Waals surface area contributed by atoms with Crippen molar-refractivity contribution in [2.45, 2.75) is 76.2 Å². The van der Waals surface area contributed by atoms with Gasteiger partial charge in [-0.05, 0) is 81.4 Å². The predicted octanol–water partition coefficient (Wildman–Crippen LogP) is 4.81. The fourth-order valence-corrected chi connectivity index (χ4v) is 6.16.